The van der Waals surface area contributed by atoms with Crippen LogP contribution in [0.25, 0.3) is 11.3 Å². The Kier molecular flexibility index (Phi) is 7.64. The van der Waals surface area contributed by atoms with E-state index < -0.39 is 0 Å². The summed E-state index contributed by atoms with van der Waals surface area (Å²) in [6.07, 6.45) is 4.43. The van der Waals surface area contributed by atoms with Crippen LogP contribution < -0.4 is 10.2 Å². The number of nitrogens with one attached hydrogen (secondary N) is 2. The maximum absolute atomic E-state index is 13.2. The van der Waals surface area contributed by atoms with Crippen molar-refractivity contribution in [2.24, 2.45) is 10.9 Å². The van der Waals surface area contributed by atoms with Crippen LogP contribution in [0.5, 0.6) is 0 Å². The summed E-state index contributed by atoms with van der Waals surface area (Å²) in [4.78, 5) is 24.3. The highest BCUT2D eigenvalue weighted by Gasteiger charge is 2.17. The van der Waals surface area contributed by atoms with Gasteiger partial charge in [-0.25, -0.2) is 14.4 Å². The monoisotopic (exact) mass is 464 g/mol. The minimum atomic E-state index is -0.303. The summed E-state index contributed by atoms with van der Waals surface area (Å²) >= 11 is 0. The van der Waals surface area contributed by atoms with Crippen LogP contribution in [-0.4, -0.2) is 53.7 Å². The van der Waals surface area contributed by atoms with Crippen LogP contribution >= 0.6 is 0 Å². The van der Waals surface area contributed by atoms with Crippen LogP contribution in [0.4, 0.5) is 16.0 Å². The Balaban J connectivity index is 1.54. The number of hydrogen-bond donors (Lipinski definition) is 2. The Morgan fingerprint density at radius 3 is 2.74 bits per heavy atom. The number of hydrogen-bond acceptors (Lipinski definition) is 6. The topological polar surface area (TPSA) is 95.5 Å². The van der Waals surface area contributed by atoms with Crippen molar-refractivity contribution in [3.8, 4) is 11.3 Å². The highest BCUT2D eigenvalue weighted by atomic mass is 19.1. The molecule has 2 N–H and O–H groups in total. The van der Waals surface area contributed by atoms with Crippen LogP contribution in [0.1, 0.15) is 36.5 Å². The quantitative estimate of drug-likeness (QED) is 0.382. The number of pyridine rings is 1. The molecule has 8 nitrogen and oxygen atoms in total. The van der Waals surface area contributed by atoms with Crippen molar-refractivity contribution >= 4 is 23.4 Å². The zero-order chi connectivity index (χ0) is 23.9. The summed E-state index contributed by atoms with van der Waals surface area (Å²) in [5.41, 5.74) is 2.02. The number of aliphatic imine (C=N–C) groups is 1. The number of aromatic nitrogens is 3. The lowest BCUT2D eigenvalue weighted by molar-refractivity contribution is 0.0975. The zero-order valence-electron chi connectivity index (χ0n) is 19.4. The van der Waals surface area contributed by atoms with E-state index in [4.69, 9.17) is 4.74 Å². The predicted molar refractivity (Wildman–Crippen MR) is 130 cm³/mol. The molecule has 1 aliphatic rings. The molecule has 0 unspecified atom stereocenters. The van der Waals surface area contributed by atoms with E-state index in [1.165, 1.54) is 12.1 Å². The fraction of sp³-hybridized carbons (Fsp3) is 0.360. The molecule has 178 valence electrons. The first-order chi connectivity index (χ1) is 16.5. The first-order valence-corrected chi connectivity index (χ1v) is 11.4. The Morgan fingerprint density at radius 2 is 2.00 bits per heavy atom. The average molecular weight is 465 g/mol. The number of rotatable bonds is 8. The van der Waals surface area contributed by atoms with Crippen LogP contribution in [-0.2, 0) is 4.74 Å². The highest BCUT2D eigenvalue weighted by molar-refractivity contribution is 6.07. The molecule has 0 radical (unpaired) electrons. The minimum Gasteiger partial charge on any atom is -0.384 e. The third kappa shape index (κ3) is 6.05. The maximum Gasteiger partial charge on any atom is 0.256 e. The fourth-order valence-corrected chi connectivity index (χ4v) is 3.96. The molecule has 1 amide bonds. The van der Waals surface area contributed by atoms with Gasteiger partial charge in [0, 0.05) is 51.1 Å². The third-order valence-electron chi connectivity index (χ3n) is 5.66. The first kappa shape index (κ1) is 23.6. The SMILES string of the molecule is COC[C@H](C)CC(=Nc1cc(-c2ccc(F)cc2)[nH]n1)NC(=O)c1ccnc(N2CCCC2)c1. The van der Waals surface area contributed by atoms with Gasteiger partial charge < -0.3 is 15.0 Å². The molecule has 2 aromatic heterocycles. The van der Waals surface area contributed by atoms with E-state index in [0.29, 0.717) is 35.9 Å². The number of amides is 1. The number of aromatic amines is 1. The van der Waals surface area contributed by atoms with Gasteiger partial charge in [-0.15, -0.1) is 0 Å². The van der Waals surface area contributed by atoms with Gasteiger partial charge in [0.05, 0.1) is 5.69 Å². The second kappa shape index (κ2) is 11.0. The summed E-state index contributed by atoms with van der Waals surface area (Å²) in [5.74, 6) is 1.31. The summed E-state index contributed by atoms with van der Waals surface area (Å²) in [7, 11) is 1.64. The number of benzene rings is 1. The van der Waals surface area contributed by atoms with Crippen molar-refractivity contribution in [1.82, 2.24) is 20.5 Å². The van der Waals surface area contributed by atoms with Gasteiger partial charge in [-0.1, -0.05) is 6.92 Å². The number of amidine groups is 1. The summed E-state index contributed by atoms with van der Waals surface area (Å²) < 4.78 is 18.5. The number of H-pyrrole nitrogens is 1. The predicted octanol–water partition coefficient (Wildman–Crippen LogP) is 4.34. The number of nitrogens with zero attached hydrogens (tertiary/aromatic N) is 4. The van der Waals surface area contributed by atoms with Crippen LogP contribution in [0.3, 0.4) is 0 Å². The van der Waals surface area contributed by atoms with Gasteiger partial charge in [0.2, 0.25) is 0 Å². The molecule has 1 fully saturated rings. The molecule has 3 heterocycles. The van der Waals surface area contributed by atoms with Crippen LogP contribution in [0.15, 0.2) is 53.7 Å². The maximum atomic E-state index is 13.2. The lowest BCUT2D eigenvalue weighted by atomic mass is 10.1. The molecule has 1 saturated heterocycles. The van der Waals surface area contributed by atoms with Gasteiger partial charge in [0.1, 0.15) is 17.5 Å². The molecule has 3 aromatic rings. The Labute approximate surface area is 198 Å². The van der Waals surface area contributed by atoms with E-state index in [-0.39, 0.29) is 17.6 Å². The zero-order valence-corrected chi connectivity index (χ0v) is 19.4. The summed E-state index contributed by atoms with van der Waals surface area (Å²) in [6, 6.07) is 11.4. The molecular formula is C25H29FN6O2. The number of methoxy groups -OCH3 is 1. The number of anilines is 1. The van der Waals surface area contributed by atoms with Gasteiger partial charge in [-0.05, 0) is 60.7 Å². The van der Waals surface area contributed by atoms with Gasteiger partial charge in [0.25, 0.3) is 5.91 Å². The lowest BCUT2D eigenvalue weighted by Gasteiger charge is -2.17. The van der Waals surface area contributed by atoms with E-state index in [1.807, 2.05) is 13.0 Å². The number of carbonyl (C=O) groups excluding carboxylic acids is 1. The fourth-order valence-electron chi connectivity index (χ4n) is 3.96. The Hall–Kier alpha value is -3.59. The van der Waals surface area contributed by atoms with E-state index in [2.05, 4.69) is 30.4 Å². The Morgan fingerprint density at radius 1 is 1.24 bits per heavy atom. The molecule has 0 saturated carbocycles. The van der Waals surface area contributed by atoms with Crippen molar-refractivity contribution in [2.75, 3.05) is 31.7 Å². The molecule has 34 heavy (non-hydrogen) atoms. The normalized spacial score (nSPS) is 14.9. The second-order valence-electron chi connectivity index (χ2n) is 8.52. The molecule has 9 heteroatoms. The molecule has 1 aromatic carbocycles. The van der Waals surface area contributed by atoms with E-state index >= 15 is 0 Å². The van der Waals surface area contributed by atoms with Crippen molar-refractivity contribution in [3.05, 3.63) is 60.0 Å². The largest absolute Gasteiger partial charge is 0.384 e. The number of carbonyl (C=O) groups is 1. The molecule has 0 aliphatic carbocycles. The smallest absolute Gasteiger partial charge is 0.256 e. The third-order valence-corrected chi connectivity index (χ3v) is 5.66. The second-order valence-corrected chi connectivity index (χ2v) is 8.52. The molecule has 4 rings (SSSR count). The average Bonchev–Trinajstić information content (AvgIpc) is 3.52. The standard InChI is InChI=1S/C25H29FN6O2/c1-17(16-34-2)13-22(28-23-15-21(30-31-23)18-5-7-20(26)8-6-18)29-25(33)19-9-10-27-24(14-19)32-11-3-4-12-32/h5-10,14-15,17H,3-4,11-13,16H2,1-2H3,(H2,28,29,30,31,33)/t17-/m1/s1. The highest BCUT2D eigenvalue weighted by Crippen LogP contribution is 2.22. The van der Waals surface area contributed by atoms with E-state index in [9.17, 15) is 9.18 Å². The van der Waals surface area contributed by atoms with Crippen LogP contribution in [0.2, 0.25) is 0 Å². The van der Waals surface area contributed by atoms with Gasteiger partial charge in [-0.3, -0.25) is 9.89 Å². The van der Waals surface area contributed by atoms with Crippen LogP contribution in [0, 0.1) is 11.7 Å². The molecule has 1 atom stereocenters. The van der Waals surface area contributed by atoms with Crippen molar-refractivity contribution in [1.29, 1.82) is 0 Å². The number of ether oxygens (including phenoxy) is 1. The summed E-state index contributed by atoms with van der Waals surface area (Å²) in [6.45, 7) is 4.46. The molecule has 1 aliphatic heterocycles. The van der Waals surface area contributed by atoms with Gasteiger partial charge >= 0.3 is 0 Å². The summed E-state index contributed by atoms with van der Waals surface area (Å²) in [5, 5.41) is 10.1. The van der Waals surface area contributed by atoms with Crippen molar-refractivity contribution in [2.45, 2.75) is 26.2 Å². The first-order valence-electron chi connectivity index (χ1n) is 11.4. The number of halogens is 1. The Bertz CT molecular complexity index is 1140. The molecule has 0 bridgehead atoms. The van der Waals surface area contributed by atoms with Gasteiger partial charge in [-0.2, -0.15) is 5.10 Å². The van der Waals surface area contributed by atoms with Crippen molar-refractivity contribution in [3.63, 3.8) is 0 Å². The molecule has 0 spiro atoms. The minimum absolute atomic E-state index is 0.136. The van der Waals surface area contributed by atoms with Gasteiger partial charge in [0.15, 0.2) is 5.82 Å². The van der Waals surface area contributed by atoms with Crippen molar-refractivity contribution < 1.29 is 13.9 Å². The lowest BCUT2D eigenvalue weighted by Crippen LogP contribution is -2.32. The van der Waals surface area contributed by atoms with E-state index in [0.717, 1.165) is 37.3 Å². The van der Waals surface area contributed by atoms with E-state index in [1.54, 1.807) is 37.6 Å². The molecular weight excluding hydrogens is 435 g/mol.